The smallest absolute Gasteiger partial charge is 0.282 e. The molecule has 0 bridgehead atoms. The number of nitriles is 1. The number of nitrogens with one attached hydrogen (secondary N) is 1. The molecular formula is C27H23N3O3. The molecule has 0 saturated carbocycles. The van der Waals surface area contributed by atoms with Crippen LogP contribution in [0.4, 0.5) is 11.4 Å². The van der Waals surface area contributed by atoms with E-state index in [0.29, 0.717) is 34.2 Å². The Labute approximate surface area is 192 Å². The second-order valence-corrected chi connectivity index (χ2v) is 7.98. The molecule has 1 N–H and O–H groups in total. The number of rotatable bonds is 6. The number of benzene rings is 3. The summed E-state index contributed by atoms with van der Waals surface area (Å²) < 4.78 is 5.22. The van der Waals surface area contributed by atoms with Crippen LogP contribution in [0.25, 0.3) is 5.57 Å². The van der Waals surface area contributed by atoms with Crippen LogP contribution >= 0.6 is 0 Å². The van der Waals surface area contributed by atoms with E-state index in [9.17, 15) is 9.59 Å². The molecule has 0 unspecified atom stereocenters. The lowest BCUT2D eigenvalue weighted by Gasteiger charge is -2.15. The number of carbonyl (C=O) groups excluding carboxylic acids is 2. The molecule has 3 aromatic rings. The Morgan fingerprint density at radius 3 is 2.06 bits per heavy atom. The Morgan fingerprint density at radius 1 is 0.879 bits per heavy atom. The first-order valence-corrected chi connectivity index (χ1v) is 10.6. The van der Waals surface area contributed by atoms with Crippen LogP contribution in [0.1, 0.15) is 36.5 Å². The van der Waals surface area contributed by atoms with Gasteiger partial charge in [0.15, 0.2) is 0 Å². The molecule has 4 rings (SSSR count). The lowest BCUT2D eigenvalue weighted by Crippen LogP contribution is -2.32. The third-order valence-corrected chi connectivity index (χ3v) is 5.56. The van der Waals surface area contributed by atoms with E-state index in [1.165, 1.54) is 5.56 Å². The maximum Gasteiger partial charge on any atom is 0.282 e. The zero-order valence-electron chi connectivity index (χ0n) is 18.6. The van der Waals surface area contributed by atoms with Crippen LogP contribution in [-0.4, -0.2) is 18.9 Å². The zero-order chi connectivity index (χ0) is 23.5. The number of nitrogens with zero attached hydrogens (tertiary/aromatic N) is 2. The molecule has 164 valence electrons. The number of carbonyl (C=O) groups is 2. The molecule has 3 aromatic carbocycles. The van der Waals surface area contributed by atoms with Crippen molar-refractivity contribution in [1.82, 2.24) is 0 Å². The standard InChI is InChI=1S/C27H23N3O3/c1-17(2)19-6-10-21(11-7-19)29-25-24(20-8-14-23(33-3)15-9-20)26(31)30(27(25)32)22-12-4-18(16-28)5-13-22/h4-15,17,29H,1-3H3. The molecule has 33 heavy (non-hydrogen) atoms. The Hall–Kier alpha value is -4.37. The SMILES string of the molecule is COc1ccc(C2=C(Nc3ccc(C(C)C)cc3)C(=O)N(c3ccc(C#N)cc3)C2=O)cc1. The van der Waals surface area contributed by atoms with Gasteiger partial charge in [0.05, 0.1) is 30.0 Å². The first kappa shape index (κ1) is 21.8. The Balaban J connectivity index is 1.76. The van der Waals surface area contributed by atoms with Gasteiger partial charge in [0, 0.05) is 5.69 Å². The lowest BCUT2D eigenvalue weighted by atomic mass is 10.0. The van der Waals surface area contributed by atoms with Crippen molar-refractivity contribution in [3.63, 3.8) is 0 Å². The maximum absolute atomic E-state index is 13.5. The van der Waals surface area contributed by atoms with Crippen LogP contribution in [0.15, 0.2) is 78.5 Å². The second kappa shape index (κ2) is 9.01. The molecular weight excluding hydrogens is 414 g/mol. The lowest BCUT2D eigenvalue weighted by molar-refractivity contribution is -0.120. The average molecular weight is 437 g/mol. The van der Waals surface area contributed by atoms with Gasteiger partial charge >= 0.3 is 0 Å². The Bertz CT molecular complexity index is 1270. The number of amides is 2. The van der Waals surface area contributed by atoms with E-state index in [1.54, 1.807) is 55.6 Å². The average Bonchev–Trinajstić information content (AvgIpc) is 3.08. The van der Waals surface area contributed by atoms with Crippen molar-refractivity contribution in [2.45, 2.75) is 19.8 Å². The Kier molecular flexibility index (Phi) is 5.97. The minimum atomic E-state index is -0.455. The first-order valence-electron chi connectivity index (χ1n) is 10.6. The van der Waals surface area contributed by atoms with Crippen molar-refractivity contribution in [3.05, 3.63) is 95.2 Å². The van der Waals surface area contributed by atoms with Crippen LogP contribution < -0.4 is 15.0 Å². The summed E-state index contributed by atoms with van der Waals surface area (Å²) in [5.74, 6) is 0.146. The van der Waals surface area contributed by atoms with Gasteiger partial charge < -0.3 is 10.1 Å². The molecule has 0 radical (unpaired) electrons. The molecule has 1 aliphatic heterocycles. The summed E-state index contributed by atoms with van der Waals surface area (Å²) in [5.41, 5.74) is 3.83. The minimum Gasteiger partial charge on any atom is -0.497 e. The zero-order valence-corrected chi connectivity index (χ0v) is 18.6. The van der Waals surface area contributed by atoms with Gasteiger partial charge in [-0.05, 0) is 65.6 Å². The van der Waals surface area contributed by atoms with E-state index in [1.807, 2.05) is 30.3 Å². The fourth-order valence-electron chi connectivity index (χ4n) is 3.69. The van der Waals surface area contributed by atoms with Crippen LogP contribution in [0.2, 0.25) is 0 Å². The summed E-state index contributed by atoms with van der Waals surface area (Å²) in [6.45, 7) is 4.22. The highest BCUT2D eigenvalue weighted by molar-refractivity contribution is 6.46. The number of ether oxygens (including phenoxy) is 1. The van der Waals surface area contributed by atoms with Gasteiger partial charge in [0.25, 0.3) is 11.8 Å². The molecule has 6 heteroatoms. The molecule has 0 fully saturated rings. The second-order valence-electron chi connectivity index (χ2n) is 7.98. The number of anilines is 2. The van der Waals surface area contributed by atoms with Gasteiger partial charge in [-0.3, -0.25) is 9.59 Å². The van der Waals surface area contributed by atoms with E-state index < -0.39 is 11.8 Å². The summed E-state index contributed by atoms with van der Waals surface area (Å²) in [7, 11) is 1.57. The van der Waals surface area contributed by atoms with Crippen LogP contribution in [0.3, 0.4) is 0 Å². The number of hydrogen-bond acceptors (Lipinski definition) is 5. The summed E-state index contributed by atoms with van der Waals surface area (Å²) in [5, 5.41) is 12.2. The van der Waals surface area contributed by atoms with E-state index in [-0.39, 0.29) is 11.3 Å². The summed E-state index contributed by atoms with van der Waals surface area (Å²) in [6.07, 6.45) is 0. The predicted octanol–water partition coefficient (Wildman–Crippen LogP) is 5.09. The highest BCUT2D eigenvalue weighted by atomic mass is 16.5. The molecule has 0 spiro atoms. The fraction of sp³-hybridized carbons (Fsp3) is 0.148. The van der Waals surface area contributed by atoms with E-state index in [4.69, 9.17) is 10.00 Å². The maximum atomic E-state index is 13.5. The molecule has 1 heterocycles. The van der Waals surface area contributed by atoms with Crippen molar-refractivity contribution in [2.24, 2.45) is 0 Å². The summed E-state index contributed by atoms with van der Waals surface area (Å²) in [4.78, 5) is 28.1. The normalized spacial score (nSPS) is 13.5. The quantitative estimate of drug-likeness (QED) is 0.544. The van der Waals surface area contributed by atoms with E-state index in [2.05, 4.69) is 19.2 Å². The molecule has 0 atom stereocenters. The van der Waals surface area contributed by atoms with E-state index in [0.717, 1.165) is 4.90 Å². The minimum absolute atomic E-state index is 0.201. The van der Waals surface area contributed by atoms with Crippen molar-refractivity contribution in [2.75, 3.05) is 17.3 Å². The highest BCUT2D eigenvalue weighted by Gasteiger charge is 2.40. The van der Waals surface area contributed by atoms with Crippen LogP contribution in [0, 0.1) is 11.3 Å². The highest BCUT2D eigenvalue weighted by Crippen LogP contribution is 2.34. The number of imide groups is 1. The van der Waals surface area contributed by atoms with Crippen molar-refractivity contribution in [1.29, 1.82) is 5.26 Å². The largest absolute Gasteiger partial charge is 0.497 e. The van der Waals surface area contributed by atoms with Gasteiger partial charge in [-0.2, -0.15) is 5.26 Å². The molecule has 1 aliphatic rings. The third-order valence-electron chi connectivity index (χ3n) is 5.56. The topological polar surface area (TPSA) is 82.4 Å². The van der Waals surface area contributed by atoms with Crippen LogP contribution in [0.5, 0.6) is 5.75 Å². The number of hydrogen-bond donors (Lipinski definition) is 1. The van der Waals surface area contributed by atoms with E-state index >= 15 is 0 Å². The summed E-state index contributed by atoms with van der Waals surface area (Å²) >= 11 is 0. The van der Waals surface area contributed by atoms with Gasteiger partial charge in [0.1, 0.15) is 11.4 Å². The predicted molar refractivity (Wildman–Crippen MR) is 128 cm³/mol. The molecule has 2 amide bonds. The van der Waals surface area contributed by atoms with Crippen molar-refractivity contribution < 1.29 is 14.3 Å². The molecule has 0 aliphatic carbocycles. The monoisotopic (exact) mass is 437 g/mol. The molecule has 6 nitrogen and oxygen atoms in total. The van der Waals surface area contributed by atoms with Gasteiger partial charge in [-0.1, -0.05) is 38.1 Å². The molecule has 0 aromatic heterocycles. The van der Waals surface area contributed by atoms with Gasteiger partial charge in [-0.15, -0.1) is 0 Å². The number of methoxy groups -OCH3 is 1. The van der Waals surface area contributed by atoms with Gasteiger partial charge in [0.2, 0.25) is 0 Å². The Morgan fingerprint density at radius 2 is 1.52 bits per heavy atom. The van der Waals surface area contributed by atoms with Crippen LogP contribution in [-0.2, 0) is 9.59 Å². The summed E-state index contributed by atoms with van der Waals surface area (Å²) in [6, 6.07) is 23.2. The third kappa shape index (κ3) is 4.21. The first-order chi connectivity index (χ1) is 15.9. The van der Waals surface area contributed by atoms with Crippen molar-refractivity contribution in [3.8, 4) is 11.8 Å². The van der Waals surface area contributed by atoms with Gasteiger partial charge in [-0.25, -0.2) is 4.90 Å². The molecule has 0 saturated heterocycles. The van der Waals surface area contributed by atoms with Crippen molar-refractivity contribution >= 4 is 28.8 Å². The fourth-order valence-corrected chi connectivity index (χ4v) is 3.69.